The number of rotatable bonds is 9. The van der Waals surface area contributed by atoms with Crippen LogP contribution in [0.2, 0.25) is 0 Å². The van der Waals surface area contributed by atoms with Gasteiger partial charge < -0.3 is 14.8 Å². The van der Waals surface area contributed by atoms with E-state index >= 15 is 0 Å². The minimum absolute atomic E-state index is 0.122. The van der Waals surface area contributed by atoms with Crippen molar-refractivity contribution >= 4 is 11.8 Å². The van der Waals surface area contributed by atoms with Crippen molar-refractivity contribution < 1.29 is 19.1 Å². The Bertz CT molecular complexity index is 415. The maximum absolute atomic E-state index is 12.6. The highest BCUT2D eigenvalue weighted by Crippen LogP contribution is 2.40. The first kappa shape index (κ1) is 18.8. The van der Waals surface area contributed by atoms with Crippen molar-refractivity contribution in [2.45, 2.75) is 58.1 Å². The van der Waals surface area contributed by atoms with Crippen LogP contribution >= 0.6 is 0 Å². The molecule has 22 heavy (non-hydrogen) atoms. The molecule has 0 aliphatic carbocycles. The first-order valence-electron chi connectivity index (χ1n) is 8.13. The number of nitrogens with one attached hydrogen (secondary N) is 1. The zero-order valence-corrected chi connectivity index (χ0v) is 14.2. The summed E-state index contributed by atoms with van der Waals surface area (Å²) in [6.45, 7) is 12.6. The van der Waals surface area contributed by atoms with Crippen molar-refractivity contribution in [1.29, 1.82) is 0 Å². The Morgan fingerprint density at radius 1 is 1.36 bits per heavy atom. The third kappa shape index (κ3) is 3.41. The quantitative estimate of drug-likeness (QED) is 0.522. The number of ketones is 1. The molecule has 0 saturated carbocycles. The van der Waals surface area contributed by atoms with Crippen LogP contribution in [0.5, 0.6) is 0 Å². The van der Waals surface area contributed by atoms with E-state index < -0.39 is 11.1 Å². The van der Waals surface area contributed by atoms with Gasteiger partial charge in [0.15, 0.2) is 5.78 Å². The molecule has 0 bridgehead atoms. The summed E-state index contributed by atoms with van der Waals surface area (Å²) in [5, 5.41) is 3.27. The van der Waals surface area contributed by atoms with E-state index in [0.717, 1.165) is 12.8 Å². The SMILES string of the molecule is C=CC(=O)C1(C(C)(CCC)OCC)CC(C(=O)OCC)CN1. The second-order valence-electron chi connectivity index (χ2n) is 5.92. The highest BCUT2D eigenvalue weighted by molar-refractivity contribution is 5.99. The van der Waals surface area contributed by atoms with Crippen LogP contribution in [0.3, 0.4) is 0 Å². The summed E-state index contributed by atoms with van der Waals surface area (Å²) in [5.41, 5.74) is -1.60. The van der Waals surface area contributed by atoms with Crippen molar-refractivity contribution in [3.05, 3.63) is 12.7 Å². The molecule has 1 aliphatic rings. The predicted molar refractivity (Wildman–Crippen MR) is 85.6 cm³/mol. The molecule has 5 nitrogen and oxygen atoms in total. The molecule has 1 fully saturated rings. The summed E-state index contributed by atoms with van der Waals surface area (Å²) in [6, 6.07) is 0. The Morgan fingerprint density at radius 3 is 2.55 bits per heavy atom. The highest BCUT2D eigenvalue weighted by atomic mass is 16.5. The van der Waals surface area contributed by atoms with Gasteiger partial charge in [0, 0.05) is 13.2 Å². The lowest BCUT2D eigenvalue weighted by atomic mass is 9.72. The third-order valence-corrected chi connectivity index (χ3v) is 4.52. The molecule has 3 atom stereocenters. The molecule has 0 aromatic carbocycles. The van der Waals surface area contributed by atoms with Gasteiger partial charge in [0.25, 0.3) is 0 Å². The Kier molecular flexibility index (Phi) is 6.75. The van der Waals surface area contributed by atoms with Crippen molar-refractivity contribution in [3.8, 4) is 0 Å². The van der Waals surface area contributed by atoms with Gasteiger partial charge in [-0.25, -0.2) is 0 Å². The van der Waals surface area contributed by atoms with Gasteiger partial charge in [0.1, 0.15) is 5.54 Å². The fourth-order valence-electron chi connectivity index (χ4n) is 3.47. The van der Waals surface area contributed by atoms with Crippen LogP contribution in [-0.2, 0) is 19.1 Å². The van der Waals surface area contributed by atoms with Crippen LogP contribution < -0.4 is 5.32 Å². The standard InChI is InChI=1S/C17H29NO4/c1-6-10-16(5,22-9-4)17(14(19)7-2)11-13(12-18-17)15(20)21-8-3/h7,13,18H,2,6,8-12H2,1,3-5H3. The van der Waals surface area contributed by atoms with Crippen LogP contribution in [0.4, 0.5) is 0 Å². The Morgan fingerprint density at radius 2 is 2.05 bits per heavy atom. The average Bonchev–Trinajstić information content (AvgIpc) is 2.94. The number of hydrogen-bond acceptors (Lipinski definition) is 5. The number of hydrogen-bond donors (Lipinski definition) is 1. The maximum atomic E-state index is 12.6. The Hall–Kier alpha value is -1.20. The molecule has 5 heteroatoms. The van der Waals surface area contributed by atoms with E-state index in [1.807, 2.05) is 13.8 Å². The first-order chi connectivity index (χ1) is 10.4. The van der Waals surface area contributed by atoms with E-state index in [-0.39, 0.29) is 17.7 Å². The summed E-state index contributed by atoms with van der Waals surface area (Å²) in [6.07, 6.45) is 3.32. The van der Waals surface area contributed by atoms with E-state index in [1.54, 1.807) is 6.92 Å². The van der Waals surface area contributed by atoms with E-state index in [4.69, 9.17) is 9.47 Å². The van der Waals surface area contributed by atoms with E-state index in [9.17, 15) is 9.59 Å². The molecule has 3 unspecified atom stereocenters. The summed E-state index contributed by atoms with van der Waals surface area (Å²) < 4.78 is 11.1. The molecule has 1 rings (SSSR count). The van der Waals surface area contributed by atoms with Gasteiger partial charge in [0.2, 0.25) is 0 Å². The van der Waals surface area contributed by atoms with Gasteiger partial charge in [0.05, 0.1) is 18.1 Å². The minimum Gasteiger partial charge on any atom is -0.466 e. The maximum Gasteiger partial charge on any atom is 0.310 e. The van der Waals surface area contributed by atoms with Crippen LogP contribution in [0, 0.1) is 5.92 Å². The first-order valence-corrected chi connectivity index (χ1v) is 8.13. The van der Waals surface area contributed by atoms with Crippen molar-refractivity contribution in [3.63, 3.8) is 0 Å². The molecular formula is C17H29NO4. The predicted octanol–water partition coefficient (Wildman–Crippen LogP) is 2.25. The molecule has 0 aromatic heterocycles. The van der Waals surface area contributed by atoms with E-state index in [2.05, 4.69) is 18.8 Å². The second kappa shape index (κ2) is 7.88. The number of esters is 1. The average molecular weight is 311 g/mol. The highest BCUT2D eigenvalue weighted by Gasteiger charge is 2.57. The molecule has 0 aromatic rings. The van der Waals surface area contributed by atoms with Gasteiger partial charge >= 0.3 is 5.97 Å². The lowest BCUT2D eigenvalue weighted by molar-refractivity contribution is -0.149. The van der Waals surface area contributed by atoms with E-state index in [1.165, 1.54) is 6.08 Å². The summed E-state index contributed by atoms with van der Waals surface area (Å²) in [4.78, 5) is 24.7. The van der Waals surface area contributed by atoms with Crippen LogP contribution in [0.25, 0.3) is 0 Å². The van der Waals surface area contributed by atoms with Crippen molar-refractivity contribution in [1.82, 2.24) is 5.32 Å². The molecular weight excluding hydrogens is 282 g/mol. The summed E-state index contributed by atoms with van der Waals surface area (Å²) in [7, 11) is 0. The third-order valence-electron chi connectivity index (χ3n) is 4.52. The van der Waals surface area contributed by atoms with Crippen LogP contribution in [0.1, 0.15) is 47.0 Å². The largest absolute Gasteiger partial charge is 0.466 e. The van der Waals surface area contributed by atoms with Crippen LogP contribution in [0.15, 0.2) is 12.7 Å². The fourth-order valence-corrected chi connectivity index (χ4v) is 3.47. The van der Waals surface area contributed by atoms with E-state index in [0.29, 0.717) is 26.2 Å². The van der Waals surface area contributed by atoms with Gasteiger partial charge in [-0.1, -0.05) is 19.9 Å². The van der Waals surface area contributed by atoms with Gasteiger partial charge in [-0.2, -0.15) is 0 Å². The van der Waals surface area contributed by atoms with Gasteiger partial charge in [-0.15, -0.1) is 0 Å². The zero-order chi connectivity index (χ0) is 16.8. The summed E-state index contributed by atoms with van der Waals surface area (Å²) >= 11 is 0. The fraction of sp³-hybridized carbons (Fsp3) is 0.765. The minimum atomic E-state index is -0.918. The molecule has 1 heterocycles. The molecule has 1 saturated heterocycles. The number of carbonyl (C=O) groups excluding carboxylic acids is 2. The van der Waals surface area contributed by atoms with Gasteiger partial charge in [-0.3, -0.25) is 9.59 Å². The zero-order valence-electron chi connectivity index (χ0n) is 14.2. The lowest BCUT2D eigenvalue weighted by Gasteiger charge is -2.45. The van der Waals surface area contributed by atoms with Crippen molar-refractivity contribution in [2.24, 2.45) is 5.92 Å². The normalized spacial score (nSPS) is 27.2. The lowest BCUT2D eigenvalue weighted by Crippen LogP contribution is -2.64. The summed E-state index contributed by atoms with van der Waals surface area (Å²) in [5.74, 6) is -0.715. The molecule has 126 valence electrons. The Labute approximate surface area is 133 Å². The van der Waals surface area contributed by atoms with Crippen LogP contribution in [-0.4, -0.2) is 42.7 Å². The molecule has 0 radical (unpaired) electrons. The Balaban J connectivity index is 3.14. The molecule has 0 spiro atoms. The molecule has 0 amide bonds. The molecule has 1 N–H and O–H groups in total. The number of ether oxygens (including phenoxy) is 2. The monoisotopic (exact) mass is 311 g/mol. The van der Waals surface area contributed by atoms with Crippen molar-refractivity contribution in [2.75, 3.05) is 19.8 Å². The number of carbonyl (C=O) groups is 2. The smallest absolute Gasteiger partial charge is 0.310 e. The topological polar surface area (TPSA) is 64.6 Å². The molecule has 1 aliphatic heterocycles. The second-order valence-corrected chi connectivity index (χ2v) is 5.92. The van der Waals surface area contributed by atoms with Gasteiger partial charge in [-0.05, 0) is 39.7 Å².